The summed E-state index contributed by atoms with van der Waals surface area (Å²) >= 11 is 6.29. The molecule has 0 spiro atoms. The first-order chi connectivity index (χ1) is 12.8. The van der Waals surface area contributed by atoms with Crippen molar-refractivity contribution in [1.82, 2.24) is 0 Å². The number of aliphatic hydroxyl groups is 1. The van der Waals surface area contributed by atoms with Crippen LogP contribution in [0.4, 0.5) is 4.79 Å². The minimum absolute atomic E-state index is 0.0608. The third-order valence-electron chi connectivity index (χ3n) is 4.94. The summed E-state index contributed by atoms with van der Waals surface area (Å²) in [6, 6.07) is 15.9. The summed E-state index contributed by atoms with van der Waals surface area (Å²) in [5, 5.41) is 9.92. The van der Waals surface area contributed by atoms with E-state index >= 15 is 0 Å². The number of amides is 1. The van der Waals surface area contributed by atoms with Crippen molar-refractivity contribution in [3.63, 3.8) is 0 Å². The molecule has 3 N–H and O–H groups in total. The van der Waals surface area contributed by atoms with Crippen molar-refractivity contribution in [1.29, 1.82) is 0 Å². The summed E-state index contributed by atoms with van der Waals surface area (Å²) in [4.78, 5) is 11.4. The molecule has 0 radical (unpaired) electrons. The zero-order valence-electron chi connectivity index (χ0n) is 16.0. The van der Waals surface area contributed by atoms with Crippen molar-refractivity contribution in [2.24, 2.45) is 11.7 Å². The number of aliphatic hydroxyl groups excluding tert-OH is 1. The van der Waals surface area contributed by atoms with Gasteiger partial charge in [-0.2, -0.15) is 0 Å². The Morgan fingerprint density at radius 2 is 1.85 bits per heavy atom. The Kier molecular flexibility index (Phi) is 7.69. The molecule has 4 nitrogen and oxygen atoms in total. The molecular formula is C22H28ClNO3. The average molecular weight is 390 g/mol. The Labute approximate surface area is 166 Å². The van der Waals surface area contributed by atoms with Gasteiger partial charge < -0.3 is 15.6 Å². The Morgan fingerprint density at radius 3 is 2.52 bits per heavy atom. The fourth-order valence-electron chi connectivity index (χ4n) is 3.39. The highest BCUT2D eigenvalue weighted by molar-refractivity contribution is 6.31. The number of rotatable bonds is 9. The molecule has 1 unspecified atom stereocenters. The third-order valence-corrected chi connectivity index (χ3v) is 5.31. The van der Waals surface area contributed by atoms with Crippen molar-refractivity contribution in [3.8, 4) is 0 Å². The summed E-state index contributed by atoms with van der Waals surface area (Å²) in [7, 11) is 0. The molecule has 2 rings (SSSR count). The maximum absolute atomic E-state index is 11.4. The Morgan fingerprint density at radius 1 is 1.15 bits per heavy atom. The number of hydrogen-bond acceptors (Lipinski definition) is 3. The topological polar surface area (TPSA) is 72.5 Å². The summed E-state index contributed by atoms with van der Waals surface area (Å²) in [5.74, 6) is 0.0608. The Balaban J connectivity index is 2.20. The first-order valence-corrected chi connectivity index (χ1v) is 9.60. The quantitative estimate of drug-likeness (QED) is 0.661. The molecule has 0 fully saturated rings. The first kappa shape index (κ1) is 21.3. The number of aryl methyl sites for hydroxylation is 1. The Bertz CT molecular complexity index is 761. The van der Waals surface area contributed by atoms with E-state index in [1.165, 1.54) is 0 Å². The first-order valence-electron chi connectivity index (χ1n) is 9.22. The number of primary amides is 1. The van der Waals surface area contributed by atoms with Gasteiger partial charge in [0.25, 0.3) is 0 Å². The van der Waals surface area contributed by atoms with Gasteiger partial charge in [-0.05, 0) is 62.3 Å². The van der Waals surface area contributed by atoms with E-state index in [9.17, 15) is 9.90 Å². The molecule has 1 atom stereocenters. The van der Waals surface area contributed by atoms with Crippen molar-refractivity contribution in [2.75, 3.05) is 6.61 Å². The Hall–Kier alpha value is -2.04. The largest absolute Gasteiger partial charge is 0.443 e. The number of hydrogen-bond donors (Lipinski definition) is 2. The van der Waals surface area contributed by atoms with Crippen LogP contribution in [-0.4, -0.2) is 23.4 Å². The van der Waals surface area contributed by atoms with Crippen LogP contribution in [-0.2, 0) is 24.0 Å². The van der Waals surface area contributed by atoms with Crippen LogP contribution in [0.2, 0.25) is 5.02 Å². The number of benzene rings is 2. The van der Waals surface area contributed by atoms with Crippen LogP contribution in [0.1, 0.15) is 37.0 Å². The molecule has 0 aliphatic carbocycles. The van der Waals surface area contributed by atoms with Crippen molar-refractivity contribution in [3.05, 3.63) is 70.2 Å². The molecular weight excluding hydrogens is 362 g/mol. The predicted molar refractivity (Wildman–Crippen MR) is 109 cm³/mol. The van der Waals surface area contributed by atoms with E-state index in [-0.39, 0.29) is 12.5 Å². The second kappa shape index (κ2) is 9.77. The van der Waals surface area contributed by atoms with E-state index in [0.29, 0.717) is 6.42 Å². The normalized spacial score (nSPS) is 12.6. The molecule has 0 aliphatic heterocycles. The van der Waals surface area contributed by atoms with Crippen molar-refractivity contribution < 1.29 is 14.6 Å². The van der Waals surface area contributed by atoms with Crippen molar-refractivity contribution >= 4 is 17.7 Å². The fraction of sp³-hybridized carbons (Fsp3) is 0.409. The average Bonchev–Trinajstić information content (AvgIpc) is 2.59. The number of carbonyl (C=O) groups excluding carboxylic acids is 1. The summed E-state index contributed by atoms with van der Waals surface area (Å²) < 4.78 is 5.43. The number of ether oxygens (including phenoxy) is 1. The minimum atomic E-state index is -0.767. The van der Waals surface area contributed by atoms with E-state index in [1.807, 2.05) is 50.2 Å². The monoisotopic (exact) mass is 389 g/mol. The van der Waals surface area contributed by atoms with Crippen LogP contribution >= 0.6 is 11.6 Å². The van der Waals surface area contributed by atoms with E-state index in [4.69, 9.17) is 22.1 Å². The van der Waals surface area contributed by atoms with Gasteiger partial charge in [0.15, 0.2) is 0 Å². The minimum Gasteiger partial charge on any atom is -0.443 e. The van der Waals surface area contributed by atoms with E-state index < -0.39 is 11.7 Å². The molecule has 146 valence electrons. The van der Waals surface area contributed by atoms with Gasteiger partial charge in [-0.25, -0.2) is 4.79 Å². The van der Waals surface area contributed by atoms with Gasteiger partial charge in [0.05, 0.1) is 0 Å². The van der Waals surface area contributed by atoms with Gasteiger partial charge in [-0.1, -0.05) is 54.1 Å². The zero-order chi connectivity index (χ0) is 19.9. The molecule has 0 saturated carbocycles. The molecule has 2 aromatic carbocycles. The number of nitrogens with two attached hydrogens (primary N) is 1. The molecule has 0 bridgehead atoms. The van der Waals surface area contributed by atoms with Gasteiger partial charge in [0.2, 0.25) is 0 Å². The standard InChI is InChI=1S/C22H28ClNO3/c1-22(2,27-21(24)26)19(11-10-18-8-3-4-9-20(18)23)15-17-7-5-6-16(14-17)12-13-25/h3-9,14,19,25H,10-13,15H2,1-2H3,(H2,24,26). The van der Waals surface area contributed by atoms with Crippen LogP contribution in [0, 0.1) is 5.92 Å². The highest BCUT2D eigenvalue weighted by Gasteiger charge is 2.33. The molecule has 1 amide bonds. The molecule has 27 heavy (non-hydrogen) atoms. The van der Waals surface area contributed by atoms with Gasteiger partial charge >= 0.3 is 6.09 Å². The van der Waals surface area contributed by atoms with Crippen LogP contribution in [0.25, 0.3) is 0 Å². The van der Waals surface area contributed by atoms with Crippen LogP contribution in [0.3, 0.4) is 0 Å². The van der Waals surface area contributed by atoms with Crippen molar-refractivity contribution in [2.45, 2.75) is 45.1 Å². The van der Waals surface area contributed by atoms with E-state index in [2.05, 4.69) is 12.1 Å². The molecule has 2 aromatic rings. The summed E-state index contributed by atoms with van der Waals surface area (Å²) in [6.45, 7) is 3.91. The molecule has 0 aromatic heterocycles. The second-order valence-corrected chi connectivity index (χ2v) is 7.76. The number of carbonyl (C=O) groups is 1. The van der Waals surface area contributed by atoms with Crippen LogP contribution < -0.4 is 5.73 Å². The maximum Gasteiger partial charge on any atom is 0.405 e. The lowest BCUT2D eigenvalue weighted by Crippen LogP contribution is -2.40. The predicted octanol–water partition coefficient (Wildman–Crippen LogP) is 4.54. The lowest BCUT2D eigenvalue weighted by atomic mass is 9.81. The van der Waals surface area contributed by atoms with Crippen LogP contribution in [0.5, 0.6) is 0 Å². The van der Waals surface area contributed by atoms with Gasteiger partial charge in [-0.15, -0.1) is 0 Å². The fourth-order valence-corrected chi connectivity index (χ4v) is 3.62. The smallest absolute Gasteiger partial charge is 0.405 e. The van der Waals surface area contributed by atoms with Gasteiger partial charge in [0, 0.05) is 17.5 Å². The van der Waals surface area contributed by atoms with E-state index in [0.717, 1.165) is 41.0 Å². The SMILES string of the molecule is CC(C)(OC(N)=O)C(CCc1ccccc1Cl)Cc1cccc(CCO)c1. The lowest BCUT2D eigenvalue weighted by molar-refractivity contribution is -0.00425. The highest BCUT2D eigenvalue weighted by atomic mass is 35.5. The summed E-state index contributed by atoms with van der Waals surface area (Å²) in [6.07, 6.45) is 2.18. The van der Waals surface area contributed by atoms with E-state index in [1.54, 1.807) is 0 Å². The second-order valence-electron chi connectivity index (χ2n) is 7.35. The maximum atomic E-state index is 11.4. The lowest BCUT2D eigenvalue weighted by Gasteiger charge is -2.34. The van der Waals surface area contributed by atoms with Gasteiger partial charge in [-0.3, -0.25) is 0 Å². The summed E-state index contributed by atoms with van der Waals surface area (Å²) in [5.41, 5.74) is 7.90. The molecule has 0 saturated heterocycles. The highest BCUT2D eigenvalue weighted by Crippen LogP contribution is 2.31. The third kappa shape index (κ3) is 6.56. The zero-order valence-corrected chi connectivity index (χ0v) is 16.7. The molecule has 0 aliphatic rings. The van der Waals surface area contributed by atoms with Gasteiger partial charge in [0.1, 0.15) is 5.60 Å². The van der Waals surface area contributed by atoms with Crippen LogP contribution in [0.15, 0.2) is 48.5 Å². The number of halogens is 1. The molecule has 5 heteroatoms. The molecule has 0 heterocycles.